The Morgan fingerprint density at radius 1 is 0.958 bits per heavy atom. The smallest absolute Gasteiger partial charge is 0.303 e. The Morgan fingerprint density at radius 2 is 1.54 bits per heavy atom. The van der Waals surface area contributed by atoms with Crippen LogP contribution in [0.15, 0.2) is 12.2 Å². The quantitative estimate of drug-likeness (QED) is 0.230. The van der Waals surface area contributed by atoms with Crippen LogP contribution in [0.4, 0.5) is 0 Å². The molecule has 2 N–H and O–H groups in total. The summed E-state index contributed by atoms with van der Waals surface area (Å²) in [6, 6.07) is 0. The van der Waals surface area contributed by atoms with E-state index in [9.17, 15) is 17.8 Å². The van der Waals surface area contributed by atoms with Crippen molar-refractivity contribution < 1.29 is 22.9 Å². The summed E-state index contributed by atoms with van der Waals surface area (Å²) >= 11 is 0. The van der Waals surface area contributed by atoms with Crippen molar-refractivity contribution in [3.05, 3.63) is 12.2 Å². The van der Waals surface area contributed by atoms with Crippen molar-refractivity contribution in [3.63, 3.8) is 0 Å². The third-order valence-corrected chi connectivity index (χ3v) is 5.24. The van der Waals surface area contributed by atoms with Crippen molar-refractivity contribution in [1.82, 2.24) is 0 Å². The van der Waals surface area contributed by atoms with E-state index >= 15 is 0 Å². The maximum absolute atomic E-state index is 11.4. The van der Waals surface area contributed by atoms with E-state index in [0.717, 1.165) is 44.9 Å². The van der Waals surface area contributed by atoms with Gasteiger partial charge in [-0.15, -0.1) is 0 Å². The first-order valence-corrected chi connectivity index (χ1v) is 10.7. The van der Waals surface area contributed by atoms with Crippen LogP contribution in [0.5, 0.6) is 0 Å². The van der Waals surface area contributed by atoms with Crippen LogP contribution < -0.4 is 0 Å². The molecule has 0 rings (SSSR count). The zero-order chi connectivity index (χ0) is 18.3. The van der Waals surface area contributed by atoms with Crippen LogP contribution in [0.1, 0.15) is 90.4 Å². The molecule has 0 heterocycles. The summed E-state index contributed by atoms with van der Waals surface area (Å²) in [6.45, 7) is 2.17. The van der Waals surface area contributed by atoms with Gasteiger partial charge in [-0.1, -0.05) is 70.4 Å². The number of hydrogen-bond acceptors (Lipinski definition) is 3. The highest BCUT2D eigenvalue weighted by atomic mass is 32.2. The van der Waals surface area contributed by atoms with Crippen LogP contribution in [-0.4, -0.2) is 29.3 Å². The van der Waals surface area contributed by atoms with E-state index in [-0.39, 0.29) is 6.42 Å². The Bertz CT molecular complexity index is 442. The molecule has 0 saturated heterocycles. The molecule has 0 fully saturated rings. The van der Waals surface area contributed by atoms with Gasteiger partial charge in [0.05, 0.1) is 0 Å². The molecule has 0 aromatic carbocycles. The van der Waals surface area contributed by atoms with Crippen molar-refractivity contribution in [1.29, 1.82) is 0 Å². The van der Waals surface area contributed by atoms with Gasteiger partial charge in [0.15, 0.2) is 0 Å². The van der Waals surface area contributed by atoms with E-state index in [4.69, 9.17) is 5.11 Å². The van der Waals surface area contributed by atoms with Gasteiger partial charge in [-0.3, -0.25) is 9.35 Å². The Morgan fingerprint density at radius 3 is 2.17 bits per heavy atom. The minimum atomic E-state index is -4.04. The predicted octanol–water partition coefficient (Wildman–Crippen LogP) is 4.97. The normalized spacial score (nSPS) is 13.4. The fourth-order valence-electron chi connectivity index (χ4n) is 2.61. The number of unbranched alkanes of at least 4 members (excludes halogenated alkanes) is 9. The average molecular weight is 363 g/mol. The summed E-state index contributed by atoms with van der Waals surface area (Å²) in [4.78, 5) is 10.4. The second kappa shape index (κ2) is 14.5. The highest BCUT2D eigenvalue weighted by molar-refractivity contribution is 7.86. The maximum Gasteiger partial charge on any atom is 0.303 e. The standard InChI is InChI=1S/C18H34O5S/c1-2-3-4-5-6-8-11-14-17(24(21,22)23)15-12-9-7-10-13-16-18(19)20/h11,14,17H,2-10,12-13,15-16H2,1H3,(H,19,20)(H,21,22,23)/b14-11+. The van der Waals surface area contributed by atoms with E-state index in [1.165, 1.54) is 19.3 Å². The van der Waals surface area contributed by atoms with Gasteiger partial charge < -0.3 is 5.11 Å². The molecular formula is C18H34O5S. The number of aliphatic carboxylic acids is 1. The van der Waals surface area contributed by atoms with Gasteiger partial charge in [0.25, 0.3) is 10.1 Å². The van der Waals surface area contributed by atoms with E-state index in [2.05, 4.69) is 6.92 Å². The first-order chi connectivity index (χ1) is 11.4. The van der Waals surface area contributed by atoms with Crippen molar-refractivity contribution in [2.24, 2.45) is 0 Å². The number of carboxylic acid groups (broad SMARTS) is 1. The summed E-state index contributed by atoms with van der Waals surface area (Å²) in [5.41, 5.74) is 0. The van der Waals surface area contributed by atoms with E-state index in [1.807, 2.05) is 6.08 Å². The van der Waals surface area contributed by atoms with Gasteiger partial charge in [-0.2, -0.15) is 8.42 Å². The second-order valence-corrected chi connectivity index (χ2v) is 8.02. The molecule has 0 saturated carbocycles. The lowest BCUT2D eigenvalue weighted by Gasteiger charge is -2.09. The lowest BCUT2D eigenvalue weighted by Crippen LogP contribution is -2.17. The van der Waals surface area contributed by atoms with Crippen LogP contribution in [0.25, 0.3) is 0 Å². The van der Waals surface area contributed by atoms with Gasteiger partial charge in [-0.05, 0) is 25.7 Å². The van der Waals surface area contributed by atoms with Crippen LogP contribution in [0.2, 0.25) is 0 Å². The minimum Gasteiger partial charge on any atom is -0.481 e. The Kier molecular flexibility index (Phi) is 13.9. The van der Waals surface area contributed by atoms with Gasteiger partial charge >= 0.3 is 5.97 Å². The number of allylic oxidation sites excluding steroid dienone is 1. The van der Waals surface area contributed by atoms with Crippen molar-refractivity contribution in [2.45, 2.75) is 95.6 Å². The highest BCUT2D eigenvalue weighted by Crippen LogP contribution is 2.15. The van der Waals surface area contributed by atoms with E-state index < -0.39 is 21.3 Å². The molecule has 1 unspecified atom stereocenters. The molecule has 0 amide bonds. The molecule has 24 heavy (non-hydrogen) atoms. The Hall–Kier alpha value is -0.880. The van der Waals surface area contributed by atoms with Crippen LogP contribution >= 0.6 is 0 Å². The first kappa shape index (κ1) is 23.1. The molecule has 5 nitrogen and oxygen atoms in total. The van der Waals surface area contributed by atoms with Gasteiger partial charge in [0.1, 0.15) is 5.25 Å². The number of carboxylic acids is 1. The zero-order valence-corrected chi connectivity index (χ0v) is 15.8. The molecule has 0 radical (unpaired) electrons. The van der Waals surface area contributed by atoms with Crippen molar-refractivity contribution in [2.75, 3.05) is 0 Å². The third kappa shape index (κ3) is 14.7. The molecule has 1 atom stereocenters. The zero-order valence-electron chi connectivity index (χ0n) is 15.0. The monoisotopic (exact) mass is 362 g/mol. The van der Waals surface area contributed by atoms with Crippen LogP contribution in [0.3, 0.4) is 0 Å². The fourth-order valence-corrected chi connectivity index (χ4v) is 3.38. The largest absolute Gasteiger partial charge is 0.481 e. The number of hydrogen-bond donors (Lipinski definition) is 2. The molecule has 142 valence electrons. The van der Waals surface area contributed by atoms with E-state index in [0.29, 0.717) is 12.8 Å². The molecule has 0 aromatic heterocycles. The topological polar surface area (TPSA) is 91.7 Å². The summed E-state index contributed by atoms with van der Waals surface area (Å²) in [7, 11) is -4.04. The predicted molar refractivity (Wildman–Crippen MR) is 97.8 cm³/mol. The molecule has 0 aromatic rings. The van der Waals surface area contributed by atoms with E-state index in [1.54, 1.807) is 6.08 Å². The molecule has 0 spiro atoms. The lowest BCUT2D eigenvalue weighted by atomic mass is 10.1. The molecule has 0 aliphatic heterocycles. The summed E-state index contributed by atoms with van der Waals surface area (Å²) in [5, 5.41) is 7.73. The van der Waals surface area contributed by atoms with Gasteiger partial charge in [-0.25, -0.2) is 0 Å². The molecular weight excluding hydrogens is 328 g/mol. The molecule has 0 aliphatic rings. The molecule has 0 aliphatic carbocycles. The third-order valence-electron chi connectivity index (χ3n) is 4.09. The maximum atomic E-state index is 11.4. The fraction of sp³-hybridized carbons (Fsp3) is 0.833. The van der Waals surface area contributed by atoms with Crippen LogP contribution in [0, 0.1) is 0 Å². The van der Waals surface area contributed by atoms with Crippen LogP contribution in [-0.2, 0) is 14.9 Å². The van der Waals surface area contributed by atoms with Crippen molar-refractivity contribution >= 4 is 16.1 Å². The number of carbonyl (C=O) groups is 1. The summed E-state index contributed by atoms with van der Waals surface area (Å²) in [5.74, 6) is -0.777. The molecule has 6 heteroatoms. The second-order valence-electron chi connectivity index (χ2n) is 6.38. The lowest BCUT2D eigenvalue weighted by molar-refractivity contribution is -0.137. The molecule has 0 bridgehead atoms. The van der Waals surface area contributed by atoms with Gasteiger partial charge in [0.2, 0.25) is 0 Å². The highest BCUT2D eigenvalue weighted by Gasteiger charge is 2.18. The number of rotatable bonds is 16. The minimum absolute atomic E-state index is 0.189. The summed E-state index contributed by atoms with van der Waals surface area (Å²) < 4.78 is 32.1. The average Bonchev–Trinajstić information content (AvgIpc) is 2.49. The van der Waals surface area contributed by atoms with Crippen molar-refractivity contribution in [3.8, 4) is 0 Å². The Balaban J connectivity index is 3.92. The SMILES string of the molecule is CCCCCCC/C=C/C(CCCCCCCC(=O)O)S(=O)(=O)O. The first-order valence-electron chi connectivity index (χ1n) is 9.22. The van der Waals surface area contributed by atoms with Gasteiger partial charge in [0, 0.05) is 6.42 Å². The summed E-state index contributed by atoms with van der Waals surface area (Å²) in [6.07, 6.45) is 14.8. The Labute approximate surface area is 147 Å².